The Morgan fingerprint density at radius 1 is 1.05 bits per heavy atom. The second-order valence-electron chi connectivity index (χ2n) is 9.84. The molecule has 0 radical (unpaired) electrons. The van der Waals surface area contributed by atoms with Crippen molar-refractivity contribution in [2.45, 2.75) is 42.3 Å². The van der Waals surface area contributed by atoms with Crippen molar-refractivity contribution >= 4 is 57.6 Å². The van der Waals surface area contributed by atoms with Gasteiger partial charge in [-0.3, -0.25) is 14.5 Å². The number of hydrogen-bond donors (Lipinski definition) is 1. The smallest absolute Gasteiger partial charge is 0.296 e. The lowest BCUT2D eigenvalue weighted by Gasteiger charge is -2.24. The summed E-state index contributed by atoms with van der Waals surface area (Å²) in [5.74, 6) is -0.438. The molecule has 1 aliphatic rings. The van der Waals surface area contributed by atoms with Gasteiger partial charge in [-0.25, -0.2) is 0 Å². The molecule has 1 aliphatic heterocycles. The van der Waals surface area contributed by atoms with Gasteiger partial charge in [-0.2, -0.15) is 0 Å². The second-order valence-corrected chi connectivity index (χ2v) is 12.5. The number of ether oxygens (including phenoxy) is 1. The molecule has 2 heterocycles. The minimum atomic E-state index is -0.892. The Labute approximate surface area is 263 Å². The Kier molecular flexibility index (Phi) is 10.3. The molecule has 3 aromatic carbocycles. The number of amides is 1. The van der Waals surface area contributed by atoms with Crippen LogP contribution < -0.4 is 9.64 Å². The van der Waals surface area contributed by atoms with Crippen LogP contribution in [-0.2, 0) is 15.3 Å². The maximum Gasteiger partial charge on any atom is 0.296 e. The number of ketones is 1. The van der Waals surface area contributed by atoms with Crippen LogP contribution in [0.15, 0.2) is 101 Å². The van der Waals surface area contributed by atoms with Crippen LogP contribution >= 0.6 is 34.7 Å². The van der Waals surface area contributed by atoms with Gasteiger partial charge in [0, 0.05) is 10.8 Å². The van der Waals surface area contributed by atoms with Gasteiger partial charge in [-0.1, -0.05) is 115 Å². The molecule has 10 heteroatoms. The molecule has 1 amide bonds. The van der Waals surface area contributed by atoms with Crippen molar-refractivity contribution in [1.82, 2.24) is 10.2 Å². The van der Waals surface area contributed by atoms with E-state index in [4.69, 9.17) is 16.3 Å². The zero-order chi connectivity index (χ0) is 30.2. The molecule has 1 atom stereocenters. The van der Waals surface area contributed by atoms with Crippen molar-refractivity contribution in [1.29, 1.82) is 0 Å². The maximum absolute atomic E-state index is 13.5. The van der Waals surface area contributed by atoms with Crippen molar-refractivity contribution in [3.05, 3.63) is 118 Å². The van der Waals surface area contributed by atoms with Crippen molar-refractivity contribution in [3.8, 4) is 5.75 Å². The summed E-state index contributed by atoms with van der Waals surface area (Å²) in [5.41, 5.74) is 2.51. The molecular formula is C33H30ClN3O4S2. The molecule has 220 valence electrons. The lowest BCUT2D eigenvalue weighted by atomic mass is 9.95. The van der Waals surface area contributed by atoms with Crippen molar-refractivity contribution in [2.24, 2.45) is 0 Å². The van der Waals surface area contributed by atoms with Crippen LogP contribution in [0.4, 0.5) is 5.13 Å². The summed E-state index contributed by atoms with van der Waals surface area (Å²) in [6.07, 6.45) is 6.19. The Hall–Kier alpha value is -3.92. The summed E-state index contributed by atoms with van der Waals surface area (Å²) >= 11 is 8.70. The van der Waals surface area contributed by atoms with Gasteiger partial charge in [-0.05, 0) is 53.5 Å². The van der Waals surface area contributed by atoms with E-state index in [0.29, 0.717) is 33.0 Å². The van der Waals surface area contributed by atoms with Crippen LogP contribution in [0, 0.1) is 0 Å². The molecule has 0 saturated carbocycles. The molecule has 5 rings (SSSR count). The van der Waals surface area contributed by atoms with E-state index in [1.807, 2.05) is 78.9 Å². The van der Waals surface area contributed by atoms with Gasteiger partial charge in [0.15, 0.2) is 15.9 Å². The molecule has 1 unspecified atom stereocenters. The lowest BCUT2D eigenvalue weighted by molar-refractivity contribution is -0.117. The highest BCUT2D eigenvalue weighted by atomic mass is 35.5. The number of thioether (sulfide) groups is 1. The molecule has 4 aromatic rings. The number of carbonyl (C=O) groups excluding carboxylic acids is 2. The van der Waals surface area contributed by atoms with E-state index in [1.54, 1.807) is 6.08 Å². The molecule has 0 fully saturated rings. The number of aliphatic hydroxyl groups is 1. The van der Waals surface area contributed by atoms with E-state index in [1.165, 1.54) is 34.1 Å². The summed E-state index contributed by atoms with van der Waals surface area (Å²) in [4.78, 5) is 28.4. The minimum absolute atomic E-state index is 0.0145. The molecule has 0 bridgehead atoms. The van der Waals surface area contributed by atoms with Gasteiger partial charge >= 0.3 is 0 Å². The standard InChI is InChI=1S/C33H30ClN3O4S2/c1-2-3-7-20-41-26-17-13-24(14-18-26)29-28(27(38)19-12-22-8-5-4-6-9-22)30(39)31(40)37(29)32-35-36-33(43-32)42-21-23-10-15-25(34)16-11-23/h4-6,8-19,29,39H,2-3,7,20-21H2,1H3/b19-12+. The normalized spacial score (nSPS) is 15.1. The fourth-order valence-corrected chi connectivity index (χ4v) is 6.52. The largest absolute Gasteiger partial charge is 0.503 e. The Bertz CT molecular complexity index is 1620. The first-order chi connectivity index (χ1) is 20.9. The third-order valence-corrected chi connectivity index (χ3v) is 9.17. The summed E-state index contributed by atoms with van der Waals surface area (Å²) in [5, 5.41) is 20.6. The minimum Gasteiger partial charge on any atom is -0.503 e. The zero-order valence-corrected chi connectivity index (χ0v) is 25.9. The molecule has 0 saturated heterocycles. The quantitative estimate of drug-likeness (QED) is 0.0687. The highest BCUT2D eigenvalue weighted by molar-refractivity contribution is 8.00. The number of allylic oxidation sites excluding steroid dienone is 1. The summed E-state index contributed by atoms with van der Waals surface area (Å²) in [7, 11) is 0. The van der Waals surface area contributed by atoms with Gasteiger partial charge < -0.3 is 9.84 Å². The van der Waals surface area contributed by atoms with Crippen LogP contribution in [0.25, 0.3) is 6.08 Å². The van der Waals surface area contributed by atoms with Crippen molar-refractivity contribution < 1.29 is 19.4 Å². The predicted molar refractivity (Wildman–Crippen MR) is 173 cm³/mol. The third-order valence-electron chi connectivity index (χ3n) is 6.79. The first-order valence-electron chi connectivity index (χ1n) is 13.9. The van der Waals surface area contributed by atoms with Gasteiger partial charge in [0.25, 0.3) is 5.91 Å². The van der Waals surface area contributed by atoms with Gasteiger partial charge in [0.1, 0.15) is 5.75 Å². The van der Waals surface area contributed by atoms with Gasteiger partial charge in [-0.15, -0.1) is 10.2 Å². The number of nitrogens with zero attached hydrogens (tertiary/aromatic N) is 3. The summed E-state index contributed by atoms with van der Waals surface area (Å²) in [6, 6.07) is 23.3. The van der Waals surface area contributed by atoms with Crippen molar-refractivity contribution in [3.63, 3.8) is 0 Å². The molecular weight excluding hydrogens is 602 g/mol. The van der Waals surface area contributed by atoms with E-state index in [-0.39, 0.29) is 10.7 Å². The third kappa shape index (κ3) is 7.54. The van der Waals surface area contributed by atoms with Crippen LogP contribution in [0.3, 0.4) is 0 Å². The van der Waals surface area contributed by atoms with E-state index in [9.17, 15) is 14.7 Å². The van der Waals surface area contributed by atoms with Crippen LogP contribution in [0.1, 0.15) is 48.9 Å². The van der Waals surface area contributed by atoms with Crippen molar-refractivity contribution in [2.75, 3.05) is 11.5 Å². The van der Waals surface area contributed by atoms with Crippen LogP contribution in [-0.4, -0.2) is 33.6 Å². The molecule has 0 spiro atoms. The zero-order valence-electron chi connectivity index (χ0n) is 23.5. The number of anilines is 1. The number of halogens is 1. The topological polar surface area (TPSA) is 92.6 Å². The van der Waals surface area contributed by atoms with E-state index in [0.717, 1.165) is 30.4 Å². The molecule has 1 aromatic heterocycles. The van der Waals surface area contributed by atoms with Crippen LogP contribution in [0.5, 0.6) is 5.75 Å². The first-order valence-corrected chi connectivity index (χ1v) is 16.1. The second kappa shape index (κ2) is 14.5. The Morgan fingerprint density at radius 2 is 1.79 bits per heavy atom. The number of rotatable bonds is 13. The number of hydrogen-bond acceptors (Lipinski definition) is 8. The summed E-state index contributed by atoms with van der Waals surface area (Å²) in [6.45, 7) is 2.75. The molecule has 7 nitrogen and oxygen atoms in total. The van der Waals surface area contributed by atoms with E-state index in [2.05, 4.69) is 17.1 Å². The Balaban J connectivity index is 1.42. The fraction of sp³-hybridized carbons (Fsp3) is 0.212. The number of carbonyl (C=O) groups is 2. The fourth-order valence-electron chi connectivity index (χ4n) is 4.57. The SMILES string of the molecule is CCCCCOc1ccc(C2C(C(=O)/C=C/c3ccccc3)=C(O)C(=O)N2c2nnc(SCc3ccc(Cl)cc3)s2)cc1. The number of aromatic nitrogens is 2. The average molecular weight is 632 g/mol. The van der Waals surface area contributed by atoms with E-state index < -0.39 is 23.5 Å². The molecule has 0 aliphatic carbocycles. The Morgan fingerprint density at radius 3 is 2.51 bits per heavy atom. The first kappa shape index (κ1) is 30.5. The summed E-state index contributed by atoms with van der Waals surface area (Å²) < 4.78 is 6.51. The maximum atomic E-state index is 13.5. The predicted octanol–water partition coefficient (Wildman–Crippen LogP) is 8.24. The molecule has 43 heavy (non-hydrogen) atoms. The van der Waals surface area contributed by atoms with Crippen LogP contribution in [0.2, 0.25) is 5.02 Å². The number of aliphatic hydroxyl groups excluding tert-OH is 1. The highest BCUT2D eigenvalue weighted by Gasteiger charge is 2.45. The molecule has 1 N–H and O–H groups in total. The van der Waals surface area contributed by atoms with E-state index >= 15 is 0 Å². The lowest BCUT2D eigenvalue weighted by Crippen LogP contribution is -2.30. The highest BCUT2D eigenvalue weighted by Crippen LogP contribution is 2.43. The monoisotopic (exact) mass is 631 g/mol. The van der Waals surface area contributed by atoms with Gasteiger partial charge in [0.2, 0.25) is 5.13 Å². The average Bonchev–Trinajstić information content (AvgIpc) is 3.60. The number of benzene rings is 3. The number of unbranched alkanes of at least 4 members (excludes halogenated alkanes) is 2. The van der Waals surface area contributed by atoms with Gasteiger partial charge in [0.05, 0.1) is 18.2 Å².